The zero-order valence-corrected chi connectivity index (χ0v) is 21.2. The van der Waals surface area contributed by atoms with Crippen molar-refractivity contribution in [1.82, 2.24) is 5.32 Å². The number of anilines is 2. The van der Waals surface area contributed by atoms with Crippen molar-refractivity contribution < 1.29 is 29.0 Å². The monoisotopic (exact) mass is 525 g/mol. The molecule has 0 spiro atoms. The summed E-state index contributed by atoms with van der Waals surface area (Å²) in [7, 11) is 1.49. The van der Waals surface area contributed by atoms with E-state index in [1.807, 2.05) is 31.2 Å². The van der Waals surface area contributed by atoms with Gasteiger partial charge in [-0.05, 0) is 54.4 Å². The molecule has 37 heavy (non-hydrogen) atoms. The number of halogens is 1. The number of ketones is 1. The number of Topliss-reactive ketones (excluding diaryl/α,β-unsaturated/α-hetero) is 1. The molecule has 0 atom stereocenters. The van der Waals surface area contributed by atoms with E-state index in [9.17, 15) is 14.4 Å². The first kappa shape index (κ1) is 27.5. The number of benzene rings is 3. The number of amides is 2. The second kappa shape index (κ2) is 13.3. The summed E-state index contributed by atoms with van der Waals surface area (Å²) in [6.45, 7) is 2.68. The maximum absolute atomic E-state index is 12.4. The Morgan fingerprint density at radius 1 is 0.946 bits per heavy atom. The maximum Gasteiger partial charge on any atom is 0.335 e. The lowest BCUT2D eigenvalue weighted by Gasteiger charge is -2.13. The molecule has 0 unspecified atom stereocenters. The van der Waals surface area contributed by atoms with Gasteiger partial charge in [0.15, 0.2) is 5.78 Å². The third kappa shape index (κ3) is 8.23. The molecule has 9 nitrogen and oxygen atoms in total. The third-order valence-corrected chi connectivity index (χ3v) is 5.64. The van der Waals surface area contributed by atoms with Gasteiger partial charge in [-0.3, -0.25) is 4.79 Å². The van der Waals surface area contributed by atoms with Crippen LogP contribution in [0.3, 0.4) is 0 Å². The first-order valence-electron chi connectivity index (χ1n) is 11.5. The molecular formula is C27H28ClN3O6. The van der Waals surface area contributed by atoms with Crippen LogP contribution in [0.5, 0.6) is 11.5 Å². The van der Waals surface area contributed by atoms with Crippen LogP contribution in [0.15, 0.2) is 60.7 Å². The summed E-state index contributed by atoms with van der Waals surface area (Å²) in [6.07, 6.45) is 0.183. The number of hydrogen-bond donors (Lipinski definition) is 4. The van der Waals surface area contributed by atoms with Crippen molar-refractivity contribution in [3.05, 3.63) is 82.4 Å². The van der Waals surface area contributed by atoms with E-state index < -0.39 is 12.0 Å². The average molecular weight is 526 g/mol. The quantitative estimate of drug-likeness (QED) is 0.251. The number of nitrogens with one attached hydrogen (secondary N) is 3. The van der Waals surface area contributed by atoms with Gasteiger partial charge in [0.1, 0.15) is 18.1 Å². The molecule has 0 saturated carbocycles. The van der Waals surface area contributed by atoms with Gasteiger partial charge in [-0.1, -0.05) is 35.9 Å². The Labute approximate surface area is 219 Å². The number of carbonyl (C=O) groups excluding carboxylic acids is 2. The van der Waals surface area contributed by atoms with E-state index in [4.69, 9.17) is 26.2 Å². The van der Waals surface area contributed by atoms with Crippen LogP contribution >= 0.6 is 11.6 Å². The number of carboxylic acids is 1. The standard InChI is InChI=1S/C27H28ClN3O6/c1-17-5-3-4-6-22(17)30-27(35)31-23-9-7-18(14-25(23)36-2)13-20(32)16-29-11-12-37-24-10-8-19(26(33)34)15-21(24)28/h3-10,14-15,29H,11-13,16H2,1-2H3,(H,33,34)(H2,30,31,35). The molecule has 0 aliphatic rings. The summed E-state index contributed by atoms with van der Waals surface area (Å²) in [6, 6.07) is 16.4. The van der Waals surface area contributed by atoms with E-state index in [0.717, 1.165) is 11.1 Å². The zero-order valence-electron chi connectivity index (χ0n) is 20.5. The fourth-order valence-electron chi connectivity index (χ4n) is 3.44. The van der Waals surface area contributed by atoms with Crippen molar-refractivity contribution in [1.29, 1.82) is 0 Å². The van der Waals surface area contributed by atoms with Gasteiger partial charge >= 0.3 is 12.0 Å². The molecule has 194 valence electrons. The number of hydrogen-bond acceptors (Lipinski definition) is 6. The largest absolute Gasteiger partial charge is 0.495 e. The molecule has 0 aliphatic heterocycles. The fraction of sp³-hybridized carbons (Fsp3) is 0.222. The van der Waals surface area contributed by atoms with Crippen LogP contribution in [-0.4, -0.2) is 49.7 Å². The van der Waals surface area contributed by atoms with Crippen LogP contribution in [0, 0.1) is 6.92 Å². The molecule has 3 aromatic rings. The lowest BCUT2D eigenvalue weighted by molar-refractivity contribution is -0.117. The summed E-state index contributed by atoms with van der Waals surface area (Å²) < 4.78 is 10.9. The van der Waals surface area contributed by atoms with Crippen LogP contribution in [-0.2, 0) is 11.2 Å². The van der Waals surface area contributed by atoms with Crippen LogP contribution < -0.4 is 25.4 Å². The first-order valence-corrected chi connectivity index (χ1v) is 11.8. The Hall–Kier alpha value is -4.08. The molecule has 0 aromatic heterocycles. The lowest BCUT2D eigenvalue weighted by Crippen LogP contribution is -2.28. The average Bonchev–Trinajstić information content (AvgIpc) is 2.86. The number of methoxy groups -OCH3 is 1. The number of aryl methyl sites for hydroxylation is 1. The molecule has 0 radical (unpaired) electrons. The SMILES string of the molecule is COc1cc(CC(=O)CNCCOc2ccc(C(=O)O)cc2Cl)ccc1NC(=O)Nc1ccccc1C. The number of para-hydroxylation sites is 1. The van der Waals surface area contributed by atoms with Crippen LogP contribution in [0.25, 0.3) is 0 Å². The molecular weight excluding hydrogens is 498 g/mol. The Balaban J connectivity index is 1.44. The summed E-state index contributed by atoms with van der Waals surface area (Å²) >= 11 is 6.03. The number of aromatic carboxylic acids is 1. The van der Waals surface area contributed by atoms with E-state index in [1.165, 1.54) is 25.3 Å². The van der Waals surface area contributed by atoms with E-state index in [1.54, 1.807) is 18.2 Å². The summed E-state index contributed by atoms with van der Waals surface area (Å²) in [5, 5.41) is 17.8. The minimum Gasteiger partial charge on any atom is -0.495 e. The lowest BCUT2D eigenvalue weighted by atomic mass is 10.1. The minimum absolute atomic E-state index is 0.0381. The number of urea groups is 1. The maximum atomic E-state index is 12.4. The molecule has 0 saturated heterocycles. The van der Waals surface area contributed by atoms with E-state index in [-0.39, 0.29) is 35.9 Å². The van der Waals surface area contributed by atoms with Gasteiger partial charge in [0.25, 0.3) is 0 Å². The fourth-order valence-corrected chi connectivity index (χ4v) is 3.68. The predicted octanol–water partition coefficient (Wildman–Crippen LogP) is 4.78. The number of ether oxygens (including phenoxy) is 2. The first-order chi connectivity index (χ1) is 17.8. The highest BCUT2D eigenvalue weighted by Gasteiger charge is 2.12. The molecule has 4 N–H and O–H groups in total. The van der Waals surface area contributed by atoms with Gasteiger partial charge in [-0.25, -0.2) is 9.59 Å². The molecule has 0 bridgehead atoms. The normalized spacial score (nSPS) is 10.5. The highest BCUT2D eigenvalue weighted by molar-refractivity contribution is 6.32. The van der Waals surface area contributed by atoms with E-state index >= 15 is 0 Å². The van der Waals surface area contributed by atoms with Gasteiger partial charge in [0.2, 0.25) is 0 Å². The van der Waals surface area contributed by atoms with Crippen molar-refractivity contribution in [2.45, 2.75) is 13.3 Å². The van der Waals surface area contributed by atoms with Crippen molar-refractivity contribution in [3.8, 4) is 11.5 Å². The van der Waals surface area contributed by atoms with Crippen LogP contribution in [0.2, 0.25) is 5.02 Å². The topological polar surface area (TPSA) is 126 Å². The van der Waals surface area contributed by atoms with E-state index in [0.29, 0.717) is 29.4 Å². The minimum atomic E-state index is -1.07. The zero-order chi connectivity index (χ0) is 26.8. The van der Waals surface area contributed by atoms with Crippen molar-refractivity contribution in [2.24, 2.45) is 0 Å². The second-order valence-electron chi connectivity index (χ2n) is 8.12. The molecule has 0 aliphatic carbocycles. The van der Waals surface area contributed by atoms with Crippen LogP contribution in [0.4, 0.5) is 16.2 Å². The Morgan fingerprint density at radius 2 is 1.70 bits per heavy atom. The van der Waals surface area contributed by atoms with Gasteiger partial charge in [0, 0.05) is 18.7 Å². The van der Waals surface area contributed by atoms with Gasteiger partial charge < -0.3 is 30.5 Å². The smallest absolute Gasteiger partial charge is 0.335 e. The number of carbonyl (C=O) groups is 3. The third-order valence-electron chi connectivity index (χ3n) is 5.35. The molecule has 0 heterocycles. The van der Waals surface area contributed by atoms with Crippen LogP contribution in [0.1, 0.15) is 21.5 Å². The summed E-state index contributed by atoms with van der Waals surface area (Å²) in [5.74, 6) is -0.296. The summed E-state index contributed by atoms with van der Waals surface area (Å²) in [4.78, 5) is 35.8. The summed E-state index contributed by atoms with van der Waals surface area (Å²) in [5.41, 5.74) is 2.95. The molecule has 2 amide bonds. The predicted molar refractivity (Wildman–Crippen MR) is 142 cm³/mol. The molecule has 3 rings (SSSR count). The Kier molecular flexibility index (Phi) is 9.88. The molecule has 3 aromatic carbocycles. The molecule has 0 fully saturated rings. The number of rotatable bonds is 12. The van der Waals surface area contributed by atoms with Crippen molar-refractivity contribution >= 4 is 40.8 Å². The molecule has 10 heteroatoms. The van der Waals surface area contributed by atoms with Crippen molar-refractivity contribution in [3.63, 3.8) is 0 Å². The van der Waals surface area contributed by atoms with Gasteiger partial charge in [-0.15, -0.1) is 0 Å². The second-order valence-corrected chi connectivity index (χ2v) is 8.53. The van der Waals surface area contributed by atoms with E-state index in [2.05, 4.69) is 16.0 Å². The van der Waals surface area contributed by atoms with Crippen molar-refractivity contribution in [2.75, 3.05) is 37.4 Å². The highest BCUT2D eigenvalue weighted by Crippen LogP contribution is 2.27. The highest BCUT2D eigenvalue weighted by atomic mass is 35.5. The number of carboxylic acid groups (broad SMARTS) is 1. The van der Waals surface area contributed by atoms with Gasteiger partial charge in [0.05, 0.1) is 29.9 Å². The van der Waals surface area contributed by atoms with Gasteiger partial charge in [-0.2, -0.15) is 0 Å². The Morgan fingerprint density at radius 3 is 2.41 bits per heavy atom. The Bertz CT molecular complexity index is 1280.